The molecule has 6 heteroatoms. The minimum Gasteiger partial charge on any atom is -0.467 e. The zero-order chi connectivity index (χ0) is 13.7. The molecule has 0 aliphatic rings. The van der Waals surface area contributed by atoms with Crippen LogP contribution in [0.4, 0.5) is 4.39 Å². The molecule has 100 valence electrons. The van der Waals surface area contributed by atoms with Crippen LogP contribution in [-0.4, -0.2) is 28.3 Å². The molecule has 1 N–H and O–H groups in total. The molecule has 0 aliphatic heterocycles. The predicted molar refractivity (Wildman–Crippen MR) is 66.0 cm³/mol. The second-order valence-electron chi connectivity index (χ2n) is 4.20. The van der Waals surface area contributed by atoms with Crippen molar-refractivity contribution in [2.45, 2.75) is 19.8 Å². The molecular formula is C13H14FN3O2. The molecule has 0 saturated heterocycles. The number of nitrogens with zero attached hydrogens (tertiary/aromatic N) is 2. The molecule has 0 bridgehead atoms. The average molecular weight is 263 g/mol. The lowest BCUT2D eigenvalue weighted by atomic mass is 10.1. The zero-order valence-electron chi connectivity index (χ0n) is 10.5. The number of H-pyrrole nitrogens is 1. The van der Waals surface area contributed by atoms with Gasteiger partial charge in [0.25, 0.3) is 6.47 Å². The highest BCUT2D eigenvalue weighted by Crippen LogP contribution is 2.12. The summed E-state index contributed by atoms with van der Waals surface area (Å²) in [5.41, 5.74) is 1.57. The van der Waals surface area contributed by atoms with Gasteiger partial charge in [-0.15, -0.1) is 10.2 Å². The summed E-state index contributed by atoms with van der Waals surface area (Å²) in [7, 11) is 0. The number of aromatic nitrogens is 3. The fraction of sp³-hybridized carbons (Fsp3) is 0.308. The highest BCUT2D eigenvalue weighted by atomic mass is 19.1. The molecule has 1 aromatic carbocycles. The van der Waals surface area contributed by atoms with Gasteiger partial charge >= 0.3 is 0 Å². The number of nitrogens with one attached hydrogen (secondary N) is 1. The Hall–Kier alpha value is -2.24. The van der Waals surface area contributed by atoms with Gasteiger partial charge in [0.05, 0.1) is 6.61 Å². The molecule has 0 spiro atoms. The van der Waals surface area contributed by atoms with Gasteiger partial charge in [-0.25, -0.2) is 4.39 Å². The van der Waals surface area contributed by atoms with E-state index in [4.69, 9.17) is 0 Å². The van der Waals surface area contributed by atoms with Gasteiger partial charge in [0.15, 0.2) is 0 Å². The van der Waals surface area contributed by atoms with Crippen LogP contribution in [0.3, 0.4) is 0 Å². The summed E-state index contributed by atoms with van der Waals surface area (Å²) in [4.78, 5) is 13.0. The second-order valence-corrected chi connectivity index (χ2v) is 4.20. The van der Waals surface area contributed by atoms with Crippen LogP contribution in [0.1, 0.15) is 22.8 Å². The highest BCUT2D eigenvalue weighted by molar-refractivity contribution is 5.36. The Morgan fingerprint density at radius 3 is 2.89 bits per heavy atom. The summed E-state index contributed by atoms with van der Waals surface area (Å²) < 4.78 is 17.7. The van der Waals surface area contributed by atoms with Crippen LogP contribution < -0.4 is 0 Å². The van der Waals surface area contributed by atoms with E-state index in [1.807, 2.05) is 0 Å². The third kappa shape index (κ3) is 3.61. The molecule has 0 atom stereocenters. The van der Waals surface area contributed by atoms with Crippen LogP contribution in [-0.2, 0) is 22.4 Å². The van der Waals surface area contributed by atoms with Crippen LogP contribution in [0.2, 0.25) is 0 Å². The first kappa shape index (κ1) is 13.2. The SMILES string of the molecule is Cc1cc(Cc2nnc(CCOC=O)[nH]2)ccc1F. The number of rotatable bonds is 6. The molecule has 0 unspecified atom stereocenters. The predicted octanol–water partition coefficient (Wildman–Crippen LogP) is 1.56. The first-order chi connectivity index (χ1) is 9.19. The van der Waals surface area contributed by atoms with Crippen molar-refractivity contribution in [1.29, 1.82) is 0 Å². The Morgan fingerprint density at radius 2 is 2.16 bits per heavy atom. The van der Waals surface area contributed by atoms with E-state index in [0.717, 1.165) is 5.56 Å². The van der Waals surface area contributed by atoms with E-state index in [2.05, 4.69) is 19.9 Å². The Kier molecular flexibility index (Phi) is 4.22. The van der Waals surface area contributed by atoms with Crippen molar-refractivity contribution < 1.29 is 13.9 Å². The lowest BCUT2D eigenvalue weighted by molar-refractivity contribution is -0.128. The summed E-state index contributed by atoms with van der Waals surface area (Å²) in [6.07, 6.45) is 1.05. The van der Waals surface area contributed by atoms with Crippen LogP contribution in [0.15, 0.2) is 18.2 Å². The van der Waals surface area contributed by atoms with E-state index >= 15 is 0 Å². The highest BCUT2D eigenvalue weighted by Gasteiger charge is 2.05. The Balaban J connectivity index is 1.98. The van der Waals surface area contributed by atoms with Crippen molar-refractivity contribution in [2.24, 2.45) is 0 Å². The van der Waals surface area contributed by atoms with Crippen molar-refractivity contribution in [3.63, 3.8) is 0 Å². The van der Waals surface area contributed by atoms with E-state index < -0.39 is 0 Å². The molecule has 1 aromatic heterocycles. The van der Waals surface area contributed by atoms with Gasteiger partial charge in [0, 0.05) is 12.8 Å². The van der Waals surface area contributed by atoms with Crippen molar-refractivity contribution >= 4 is 6.47 Å². The van der Waals surface area contributed by atoms with E-state index in [-0.39, 0.29) is 12.4 Å². The molecule has 0 aliphatic carbocycles. The third-order valence-corrected chi connectivity index (χ3v) is 2.70. The standard InChI is InChI=1S/C13H14FN3O2/c1-9-6-10(2-3-11(9)14)7-13-15-12(16-17-13)4-5-19-8-18/h2-3,6,8H,4-5,7H2,1H3,(H,15,16,17). The lowest BCUT2D eigenvalue weighted by Crippen LogP contribution is -1.98. The van der Waals surface area contributed by atoms with E-state index in [0.29, 0.717) is 36.5 Å². The van der Waals surface area contributed by atoms with Crippen molar-refractivity contribution in [3.05, 3.63) is 46.8 Å². The van der Waals surface area contributed by atoms with Gasteiger partial charge in [-0.3, -0.25) is 4.79 Å². The van der Waals surface area contributed by atoms with Gasteiger partial charge in [0.1, 0.15) is 17.5 Å². The number of benzene rings is 1. The van der Waals surface area contributed by atoms with Crippen molar-refractivity contribution in [1.82, 2.24) is 15.2 Å². The number of hydrogen-bond donors (Lipinski definition) is 1. The summed E-state index contributed by atoms with van der Waals surface area (Å²) >= 11 is 0. The summed E-state index contributed by atoms with van der Waals surface area (Å²) in [6, 6.07) is 4.95. The molecule has 0 fully saturated rings. The Labute approximate surface area is 109 Å². The van der Waals surface area contributed by atoms with Gasteiger partial charge in [0.2, 0.25) is 0 Å². The van der Waals surface area contributed by atoms with Crippen LogP contribution in [0.5, 0.6) is 0 Å². The quantitative estimate of drug-likeness (QED) is 0.634. The average Bonchev–Trinajstić information content (AvgIpc) is 2.82. The number of hydrogen-bond acceptors (Lipinski definition) is 4. The van der Waals surface area contributed by atoms with Gasteiger partial charge in [-0.1, -0.05) is 12.1 Å². The van der Waals surface area contributed by atoms with Gasteiger partial charge in [-0.2, -0.15) is 0 Å². The largest absolute Gasteiger partial charge is 0.467 e. The number of ether oxygens (including phenoxy) is 1. The minimum atomic E-state index is -0.215. The monoisotopic (exact) mass is 263 g/mol. The molecule has 1 heterocycles. The number of aryl methyl sites for hydroxylation is 1. The van der Waals surface area contributed by atoms with E-state index in [1.54, 1.807) is 19.1 Å². The molecule has 0 amide bonds. The zero-order valence-corrected chi connectivity index (χ0v) is 10.5. The fourth-order valence-corrected chi connectivity index (χ4v) is 1.74. The van der Waals surface area contributed by atoms with Crippen LogP contribution >= 0.6 is 0 Å². The maximum Gasteiger partial charge on any atom is 0.293 e. The fourth-order valence-electron chi connectivity index (χ4n) is 1.74. The first-order valence-electron chi connectivity index (χ1n) is 5.89. The van der Waals surface area contributed by atoms with Crippen LogP contribution in [0.25, 0.3) is 0 Å². The summed E-state index contributed by atoms with van der Waals surface area (Å²) in [5, 5.41) is 7.95. The van der Waals surface area contributed by atoms with Gasteiger partial charge < -0.3 is 9.72 Å². The molecular weight excluding hydrogens is 249 g/mol. The molecule has 2 aromatic rings. The Bertz CT molecular complexity index is 569. The van der Waals surface area contributed by atoms with Crippen molar-refractivity contribution in [3.8, 4) is 0 Å². The molecule has 0 radical (unpaired) electrons. The lowest BCUT2D eigenvalue weighted by Gasteiger charge is -2.01. The van der Waals surface area contributed by atoms with Crippen molar-refractivity contribution in [2.75, 3.05) is 6.61 Å². The minimum absolute atomic E-state index is 0.215. The third-order valence-electron chi connectivity index (χ3n) is 2.70. The number of carbonyl (C=O) groups excluding carboxylic acids is 1. The molecule has 19 heavy (non-hydrogen) atoms. The number of carbonyl (C=O) groups is 1. The second kappa shape index (κ2) is 6.08. The van der Waals surface area contributed by atoms with Crippen LogP contribution in [0, 0.1) is 12.7 Å². The smallest absolute Gasteiger partial charge is 0.293 e. The van der Waals surface area contributed by atoms with E-state index in [1.165, 1.54) is 6.07 Å². The number of halogens is 1. The maximum absolute atomic E-state index is 13.1. The summed E-state index contributed by atoms with van der Waals surface area (Å²) in [6.45, 7) is 2.40. The molecule has 0 saturated carbocycles. The molecule has 5 nitrogen and oxygen atoms in total. The van der Waals surface area contributed by atoms with E-state index in [9.17, 15) is 9.18 Å². The normalized spacial score (nSPS) is 10.4. The Morgan fingerprint density at radius 1 is 1.37 bits per heavy atom. The first-order valence-corrected chi connectivity index (χ1v) is 5.89. The number of aromatic amines is 1. The maximum atomic E-state index is 13.1. The summed E-state index contributed by atoms with van der Waals surface area (Å²) in [5.74, 6) is 1.15. The topological polar surface area (TPSA) is 67.9 Å². The van der Waals surface area contributed by atoms with Gasteiger partial charge in [-0.05, 0) is 24.1 Å². The molecule has 2 rings (SSSR count).